The van der Waals surface area contributed by atoms with Crippen LogP contribution in [0.1, 0.15) is 44.3 Å². The van der Waals surface area contributed by atoms with Gasteiger partial charge in [-0.1, -0.05) is 19.3 Å². The maximum atomic E-state index is 12.4. The van der Waals surface area contributed by atoms with E-state index >= 15 is 0 Å². The van der Waals surface area contributed by atoms with Gasteiger partial charge in [0.2, 0.25) is 5.91 Å². The monoisotopic (exact) mass is 283 g/mol. The van der Waals surface area contributed by atoms with E-state index in [1.165, 1.54) is 19.3 Å². The second-order valence-corrected chi connectivity index (χ2v) is 5.53. The largest absolute Gasteiger partial charge is 0.469 e. The van der Waals surface area contributed by atoms with Crippen LogP contribution in [0, 0.1) is 0 Å². The van der Waals surface area contributed by atoms with E-state index in [2.05, 4.69) is 0 Å². The number of carbonyl (C=O) groups excluding carboxylic acids is 1. The minimum atomic E-state index is 0.212. The lowest BCUT2D eigenvalue weighted by Gasteiger charge is -2.34. The van der Waals surface area contributed by atoms with E-state index in [0.717, 1.165) is 18.6 Å². The molecule has 106 valence electrons. The molecule has 0 saturated heterocycles. The number of halogens is 1. The number of hydrogen-bond donors (Lipinski definition) is 0. The molecule has 19 heavy (non-hydrogen) atoms. The van der Waals surface area contributed by atoms with Gasteiger partial charge in [-0.15, -0.1) is 11.6 Å². The van der Waals surface area contributed by atoms with Crippen molar-refractivity contribution in [2.75, 3.05) is 12.4 Å². The molecule has 0 aliphatic heterocycles. The topological polar surface area (TPSA) is 33.5 Å². The number of alkyl halides is 1. The van der Waals surface area contributed by atoms with Crippen LogP contribution in [0.5, 0.6) is 0 Å². The zero-order chi connectivity index (χ0) is 13.5. The summed E-state index contributed by atoms with van der Waals surface area (Å²) in [7, 11) is 0. The molecular formula is C15H22ClNO2. The highest BCUT2D eigenvalue weighted by Crippen LogP contribution is 2.23. The van der Waals surface area contributed by atoms with Crippen LogP contribution < -0.4 is 0 Å². The third-order valence-corrected chi connectivity index (χ3v) is 4.00. The van der Waals surface area contributed by atoms with E-state index < -0.39 is 0 Å². The summed E-state index contributed by atoms with van der Waals surface area (Å²) in [6.45, 7) is 0.670. The summed E-state index contributed by atoms with van der Waals surface area (Å²) in [5.41, 5.74) is 0. The van der Waals surface area contributed by atoms with Crippen LogP contribution in [-0.4, -0.2) is 29.3 Å². The quantitative estimate of drug-likeness (QED) is 0.747. The van der Waals surface area contributed by atoms with Crippen molar-refractivity contribution >= 4 is 17.5 Å². The molecule has 1 amide bonds. The van der Waals surface area contributed by atoms with Crippen LogP contribution in [0.25, 0.3) is 0 Å². The lowest BCUT2D eigenvalue weighted by molar-refractivity contribution is -0.133. The van der Waals surface area contributed by atoms with Crippen molar-refractivity contribution in [1.82, 2.24) is 4.90 Å². The van der Waals surface area contributed by atoms with Crippen molar-refractivity contribution in [3.63, 3.8) is 0 Å². The third kappa shape index (κ3) is 4.27. The number of amides is 1. The first kappa shape index (κ1) is 14.4. The van der Waals surface area contributed by atoms with Crippen molar-refractivity contribution < 1.29 is 9.21 Å². The standard InChI is InChI=1S/C15H22ClNO2/c16-10-11-17(13-5-2-1-3-6-13)15(18)9-8-14-7-4-12-19-14/h4,7,12-13H,1-3,5-6,8-11H2. The van der Waals surface area contributed by atoms with Gasteiger partial charge >= 0.3 is 0 Å². The van der Waals surface area contributed by atoms with E-state index in [-0.39, 0.29) is 5.91 Å². The molecule has 0 aromatic carbocycles. The van der Waals surface area contributed by atoms with Crippen LogP contribution in [0.15, 0.2) is 22.8 Å². The molecule has 0 unspecified atom stereocenters. The number of aryl methyl sites for hydroxylation is 1. The van der Waals surface area contributed by atoms with Gasteiger partial charge in [0.25, 0.3) is 0 Å². The first-order valence-corrected chi connectivity index (χ1v) is 7.72. The third-order valence-electron chi connectivity index (χ3n) is 3.83. The molecule has 4 heteroatoms. The summed E-state index contributed by atoms with van der Waals surface area (Å²) in [6.07, 6.45) is 8.86. The first-order valence-electron chi connectivity index (χ1n) is 7.19. The SMILES string of the molecule is O=C(CCc1ccco1)N(CCCl)C1CCCCC1. The summed E-state index contributed by atoms with van der Waals surface area (Å²) in [6, 6.07) is 4.17. The summed E-state index contributed by atoms with van der Waals surface area (Å²) in [5, 5.41) is 0. The fourth-order valence-corrected chi connectivity index (χ4v) is 3.01. The van der Waals surface area contributed by atoms with Gasteiger partial charge in [-0.3, -0.25) is 4.79 Å². The smallest absolute Gasteiger partial charge is 0.223 e. The maximum Gasteiger partial charge on any atom is 0.223 e. The Morgan fingerprint density at radius 1 is 1.37 bits per heavy atom. The lowest BCUT2D eigenvalue weighted by atomic mass is 9.94. The molecule has 3 nitrogen and oxygen atoms in total. The molecule has 0 spiro atoms. The number of nitrogens with zero attached hydrogens (tertiary/aromatic N) is 1. The second-order valence-electron chi connectivity index (χ2n) is 5.15. The zero-order valence-electron chi connectivity index (χ0n) is 11.3. The molecule has 1 aromatic rings. The van der Waals surface area contributed by atoms with Crippen molar-refractivity contribution in [3.8, 4) is 0 Å². The molecular weight excluding hydrogens is 262 g/mol. The molecule has 0 bridgehead atoms. The first-order chi connectivity index (χ1) is 9.31. The van der Waals surface area contributed by atoms with E-state index in [0.29, 0.717) is 31.3 Å². The van der Waals surface area contributed by atoms with Gasteiger partial charge in [0, 0.05) is 31.3 Å². The number of rotatable bonds is 6. The molecule has 0 atom stereocenters. The summed E-state index contributed by atoms with van der Waals surface area (Å²) in [4.78, 5) is 14.3. The highest BCUT2D eigenvalue weighted by Gasteiger charge is 2.24. The van der Waals surface area contributed by atoms with E-state index in [4.69, 9.17) is 16.0 Å². The molecule has 0 radical (unpaired) electrons. The minimum Gasteiger partial charge on any atom is -0.469 e. The highest BCUT2D eigenvalue weighted by atomic mass is 35.5. The summed E-state index contributed by atoms with van der Waals surface area (Å²) < 4.78 is 5.27. The Balaban J connectivity index is 1.87. The Kier molecular flexibility index (Phi) is 5.77. The van der Waals surface area contributed by atoms with Gasteiger partial charge in [-0.2, -0.15) is 0 Å². The molecule has 1 saturated carbocycles. The average Bonchev–Trinajstić information content (AvgIpc) is 2.96. The normalized spacial score (nSPS) is 16.5. The molecule has 0 N–H and O–H groups in total. The summed E-state index contributed by atoms with van der Waals surface area (Å²) in [5.74, 6) is 1.61. The van der Waals surface area contributed by atoms with Crippen molar-refractivity contribution in [3.05, 3.63) is 24.2 Å². The highest BCUT2D eigenvalue weighted by molar-refractivity contribution is 6.18. The Morgan fingerprint density at radius 3 is 2.79 bits per heavy atom. The van der Waals surface area contributed by atoms with Gasteiger partial charge in [0.15, 0.2) is 0 Å². The minimum absolute atomic E-state index is 0.212. The van der Waals surface area contributed by atoms with Gasteiger partial charge in [-0.25, -0.2) is 0 Å². The number of hydrogen-bond acceptors (Lipinski definition) is 2. The maximum absolute atomic E-state index is 12.4. The Bertz CT molecular complexity index is 372. The number of carbonyl (C=O) groups is 1. The van der Waals surface area contributed by atoms with Crippen LogP contribution in [0.2, 0.25) is 0 Å². The number of furan rings is 1. The average molecular weight is 284 g/mol. The van der Waals surface area contributed by atoms with Crippen molar-refractivity contribution in [1.29, 1.82) is 0 Å². The molecule has 1 aliphatic rings. The van der Waals surface area contributed by atoms with Gasteiger partial charge < -0.3 is 9.32 Å². The van der Waals surface area contributed by atoms with E-state index in [1.54, 1.807) is 6.26 Å². The molecule has 1 heterocycles. The Morgan fingerprint density at radius 2 is 2.16 bits per heavy atom. The van der Waals surface area contributed by atoms with E-state index in [9.17, 15) is 4.79 Å². The van der Waals surface area contributed by atoms with Gasteiger partial charge in [-0.05, 0) is 25.0 Å². The molecule has 1 aliphatic carbocycles. The van der Waals surface area contributed by atoms with Crippen molar-refractivity contribution in [2.45, 2.75) is 51.0 Å². The van der Waals surface area contributed by atoms with Crippen LogP contribution in [-0.2, 0) is 11.2 Å². The van der Waals surface area contributed by atoms with Crippen LogP contribution in [0.4, 0.5) is 0 Å². The Hall–Kier alpha value is -0.960. The molecule has 2 rings (SSSR count). The second kappa shape index (κ2) is 7.59. The van der Waals surface area contributed by atoms with Gasteiger partial charge in [0.05, 0.1) is 6.26 Å². The van der Waals surface area contributed by atoms with Crippen LogP contribution >= 0.6 is 11.6 Å². The summed E-state index contributed by atoms with van der Waals surface area (Å²) >= 11 is 5.85. The molecule has 1 aromatic heterocycles. The van der Waals surface area contributed by atoms with Crippen LogP contribution in [0.3, 0.4) is 0 Å². The predicted molar refractivity (Wildman–Crippen MR) is 76.3 cm³/mol. The lowest BCUT2D eigenvalue weighted by Crippen LogP contribution is -2.42. The predicted octanol–water partition coefficient (Wildman–Crippen LogP) is 3.61. The fourth-order valence-electron chi connectivity index (χ4n) is 2.82. The fraction of sp³-hybridized carbons (Fsp3) is 0.667. The zero-order valence-corrected chi connectivity index (χ0v) is 12.1. The Labute approximate surface area is 119 Å². The molecule has 1 fully saturated rings. The van der Waals surface area contributed by atoms with Crippen molar-refractivity contribution in [2.24, 2.45) is 0 Å². The van der Waals surface area contributed by atoms with E-state index in [1.807, 2.05) is 17.0 Å². The van der Waals surface area contributed by atoms with Gasteiger partial charge in [0.1, 0.15) is 5.76 Å².